The highest BCUT2D eigenvalue weighted by Crippen LogP contribution is 2.24. The molecule has 0 saturated heterocycles. The van der Waals surface area contributed by atoms with Crippen LogP contribution in [-0.4, -0.2) is 52.0 Å². The maximum absolute atomic E-state index is 12.4. The van der Waals surface area contributed by atoms with Crippen LogP contribution in [0.3, 0.4) is 0 Å². The van der Waals surface area contributed by atoms with Crippen molar-refractivity contribution in [2.24, 2.45) is 0 Å². The van der Waals surface area contributed by atoms with Crippen LogP contribution in [0.2, 0.25) is 0 Å². The summed E-state index contributed by atoms with van der Waals surface area (Å²) in [5.41, 5.74) is 0.844. The molecule has 0 spiro atoms. The molecule has 10 heteroatoms. The molecule has 152 valence electrons. The quantitative estimate of drug-likeness (QED) is 0.696. The molecule has 2 aromatic rings. The third-order valence-electron chi connectivity index (χ3n) is 3.86. The lowest BCUT2D eigenvalue weighted by atomic mass is 10.1. The van der Waals surface area contributed by atoms with Crippen molar-refractivity contribution in [3.8, 4) is 5.75 Å². The van der Waals surface area contributed by atoms with Crippen LogP contribution in [-0.2, 0) is 21.2 Å². The molecule has 1 N–H and O–H groups in total. The Labute approximate surface area is 168 Å². The Balaban J connectivity index is 1.95. The van der Waals surface area contributed by atoms with Crippen molar-refractivity contribution in [3.05, 3.63) is 46.2 Å². The molecule has 2 amide bonds. The Morgan fingerprint density at radius 1 is 1.18 bits per heavy atom. The van der Waals surface area contributed by atoms with Crippen molar-refractivity contribution in [1.29, 1.82) is 0 Å². The van der Waals surface area contributed by atoms with Crippen LogP contribution in [0.25, 0.3) is 0 Å². The first kappa shape index (κ1) is 21.7. The molecule has 0 unspecified atom stereocenters. The molecule has 0 aliphatic rings. The lowest BCUT2D eigenvalue weighted by molar-refractivity contribution is 0.0955. The van der Waals surface area contributed by atoms with Crippen LogP contribution in [0.4, 0.5) is 4.79 Å². The van der Waals surface area contributed by atoms with E-state index in [1.165, 1.54) is 30.6 Å². The molecule has 1 aromatic heterocycles. The molecule has 0 aliphatic heterocycles. The third-order valence-corrected chi connectivity index (χ3v) is 6.49. The van der Waals surface area contributed by atoms with Crippen molar-refractivity contribution >= 4 is 33.4 Å². The first-order valence-corrected chi connectivity index (χ1v) is 10.8. The zero-order valence-electron chi connectivity index (χ0n) is 15.8. The summed E-state index contributed by atoms with van der Waals surface area (Å²) in [6, 6.07) is 7.86. The van der Waals surface area contributed by atoms with Gasteiger partial charge in [-0.25, -0.2) is 17.5 Å². The van der Waals surface area contributed by atoms with Gasteiger partial charge in [-0.05, 0) is 42.5 Å². The van der Waals surface area contributed by atoms with Crippen LogP contribution in [0, 0.1) is 0 Å². The summed E-state index contributed by atoms with van der Waals surface area (Å²) in [6.45, 7) is 2.07. The van der Waals surface area contributed by atoms with Crippen molar-refractivity contribution in [2.75, 3.05) is 27.3 Å². The van der Waals surface area contributed by atoms with Gasteiger partial charge in [0.15, 0.2) is 0 Å². The van der Waals surface area contributed by atoms with E-state index in [0.29, 0.717) is 27.9 Å². The highest BCUT2D eigenvalue weighted by Gasteiger charge is 2.26. The van der Waals surface area contributed by atoms with E-state index in [1.54, 1.807) is 30.5 Å². The molecule has 1 aromatic carbocycles. The number of benzene rings is 1. The molecule has 0 bridgehead atoms. The lowest BCUT2D eigenvalue weighted by Gasteiger charge is -2.17. The van der Waals surface area contributed by atoms with Gasteiger partial charge in [0.25, 0.3) is 15.9 Å². The predicted molar refractivity (Wildman–Crippen MR) is 105 cm³/mol. The SMILES string of the molecule is CCOC(=O)N(C)S(=O)(=O)c1ccc(CCNC(=O)c2sccc2OC)cc1. The van der Waals surface area contributed by atoms with Gasteiger partial charge in [0, 0.05) is 13.6 Å². The van der Waals surface area contributed by atoms with Crippen molar-refractivity contribution in [3.63, 3.8) is 0 Å². The van der Waals surface area contributed by atoms with Gasteiger partial charge in [0.2, 0.25) is 0 Å². The topological polar surface area (TPSA) is 102 Å². The van der Waals surface area contributed by atoms with Gasteiger partial charge in [0.05, 0.1) is 18.6 Å². The molecule has 0 radical (unpaired) electrons. The van der Waals surface area contributed by atoms with Crippen LogP contribution in [0.5, 0.6) is 5.75 Å². The third kappa shape index (κ3) is 5.02. The van der Waals surface area contributed by atoms with E-state index in [9.17, 15) is 18.0 Å². The van der Waals surface area contributed by atoms with E-state index in [2.05, 4.69) is 5.32 Å². The molecule has 0 aliphatic carbocycles. The molecule has 8 nitrogen and oxygen atoms in total. The fourth-order valence-corrected chi connectivity index (χ4v) is 4.14. The average Bonchev–Trinajstić information content (AvgIpc) is 3.17. The van der Waals surface area contributed by atoms with Crippen molar-refractivity contribution < 1.29 is 27.5 Å². The highest BCUT2D eigenvalue weighted by molar-refractivity contribution is 7.89. The van der Waals surface area contributed by atoms with Gasteiger partial charge in [-0.3, -0.25) is 4.79 Å². The van der Waals surface area contributed by atoms with Gasteiger partial charge >= 0.3 is 6.09 Å². The predicted octanol–water partition coefficient (Wildman–Crippen LogP) is 2.51. The number of nitrogens with zero attached hydrogens (tertiary/aromatic N) is 1. The Bertz CT molecular complexity index is 922. The summed E-state index contributed by atoms with van der Waals surface area (Å²) in [6.07, 6.45) is -0.411. The molecule has 0 atom stereocenters. The zero-order chi connectivity index (χ0) is 20.7. The van der Waals surface area contributed by atoms with Crippen molar-refractivity contribution in [1.82, 2.24) is 9.62 Å². The Kier molecular flexibility index (Phi) is 7.41. The summed E-state index contributed by atoms with van der Waals surface area (Å²) < 4.78 is 35.2. The van der Waals surface area contributed by atoms with Gasteiger partial charge in [-0.15, -0.1) is 11.3 Å². The number of nitrogens with one attached hydrogen (secondary N) is 1. The molecular weight excluding hydrogens is 404 g/mol. The fourth-order valence-electron chi connectivity index (χ4n) is 2.32. The van der Waals surface area contributed by atoms with Crippen LogP contribution >= 0.6 is 11.3 Å². The average molecular weight is 427 g/mol. The second kappa shape index (κ2) is 9.56. The monoisotopic (exact) mass is 426 g/mol. The minimum absolute atomic E-state index is 0.0147. The normalized spacial score (nSPS) is 11.0. The van der Waals surface area contributed by atoms with E-state index in [-0.39, 0.29) is 17.4 Å². The number of rotatable bonds is 8. The van der Waals surface area contributed by atoms with E-state index in [1.807, 2.05) is 0 Å². The fraction of sp³-hybridized carbons (Fsp3) is 0.333. The number of carbonyl (C=O) groups is 2. The number of amides is 2. The number of hydrogen-bond donors (Lipinski definition) is 1. The minimum Gasteiger partial charge on any atom is -0.495 e. The van der Waals surface area contributed by atoms with E-state index in [0.717, 1.165) is 12.6 Å². The molecule has 0 saturated carbocycles. The Morgan fingerprint density at radius 2 is 1.86 bits per heavy atom. The number of methoxy groups -OCH3 is 1. The second-order valence-corrected chi connectivity index (χ2v) is 8.52. The molecule has 2 rings (SSSR count). The summed E-state index contributed by atoms with van der Waals surface area (Å²) in [5, 5.41) is 4.58. The summed E-state index contributed by atoms with van der Waals surface area (Å²) in [5.74, 6) is 0.310. The maximum Gasteiger partial charge on any atom is 0.423 e. The van der Waals surface area contributed by atoms with E-state index < -0.39 is 16.1 Å². The number of sulfonamides is 1. The van der Waals surface area contributed by atoms with Crippen molar-refractivity contribution in [2.45, 2.75) is 18.2 Å². The van der Waals surface area contributed by atoms with Crippen LogP contribution in [0.15, 0.2) is 40.6 Å². The van der Waals surface area contributed by atoms with Crippen LogP contribution < -0.4 is 10.1 Å². The van der Waals surface area contributed by atoms with E-state index >= 15 is 0 Å². The first-order chi connectivity index (χ1) is 13.3. The lowest BCUT2D eigenvalue weighted by Crippen LogP contribution is -2.33. The number of thiophene rings is 1. The van der Waals surface area contributed by atoms with E-state index in [4.69, 9.17) is 9.47 Å². The van der Waals surface area contributed by atoms with Gasteiger partial charge in [-0.2, -0.15) is 0 Å². The first-order valence-electron chi connectivity index (χ1n) is 8.45. The molecule has 28 heavy (non-hydrogen) atoms. The molecule has 0 fully saturated rings. The number of ether oxygens (including phenoxy) is 2. The Morgan fingerprint density at radius 3 is 2.46 bits per heavy atom. The summed E-state index contributed by atoms with van der Waals surface area (Å²) in [4.78, 5) is 24.3. The highest BCUT2D eigenvalue weighted by atomic mass is 32.2. The Hall–Kier alpha value is -2.59. The van der Waals surface area contributed by atoms with Gasteiger partial charge in [-0.1, -0.05) is 12.1 Å². The summed E-state index contributed by atoms with van der Waals surface area (Å²) in [7, 11) is -1.32. The minimum atomic E-state index is -3.97. The van der Waals surface area contributed by atoms with Gasteiger partial charge in [0.1, 0.15) is 10.6 Å². The van der Waals surface area contributed by atoms with Gasteiger partial charge < -0.3 is 14.8 Å². The maximum atomic E-state index is 12.4. The zero-order valence-corrected chi connectivity index (χ0v) is 17.4. The molecule has 1 heterocycles. The number of hydrogen-bond acceptors (Lipinski definition) is 7. The number of carbonyl (C=O) groups excluding carboxylic acids is 2. The van der Waals surface area contributed by atoms with Crippen LogP contribution in [0.1, 0.15) is 22.2 Å². The second-order valence-electron chi connectivity index (χ2n) is 5.64. The largest absolute Gasteiger partial charge is 0.495 e. The summed E-state index contributed by atoms with van der Waals surface area (Å²) >= 11 is 1.30. The smallest absolute Gasteiger partial charge is 0.423 e. The standard InChI is InChI=1S/C18H22N2O6S2/c1-4-26-18(22)20(2)28(23,24)14-7-5-13(6-8-14)9-11-19-17(21)16-15(25-3)10-12-27-16/h5-8,10,12H,4,9,11H2,1-3H3,(H,19,21). The molecular formula is C18H22N2O6S2.